The second-order valence-corrected chi connectivity index (χ2v) is 7.92. The zero-order valence-electron chi connectivity index (χ0n) is 15.6. The van der Waals surface area contributed by atoms with E-state index in [1.165, 1.54) is 19.1 Å². The lowest BCUT2D eigenvalue weighted by atomic mass is 9.97. The molecule has 2 nitrogen and oxygen atoms in total. The third kappa shape index (κ3) is 4.70. The molecule has 0 radical (unpaired) electrons. The summed E-state index contributed by atoms with van der Waals surface area (Å²) >= 11 is 9.73. The van der Waals surface area contributed by atoms with Crippen LogP contribution < -0.4 is 4.74 Å². The van der Waals surface area contributed by atoms with Crippen LogP contribution in [-0.2, 0) is 12.8 Å². The highest BCUT2D eigenvalue weighted by molar-refractivity contribution is 9.10. The van der Waals surface area contributed by atoms with Gasteiger partial charge in [0, 0.05) is 11.1 Å². The Balaban J connectivity index is 2.03. The smallest absolute Gasteiger partial charge is 0.416 e. The van der Waals surface area contributed by atoms with Gasteiger partial charge in [-0.15, -0.1) is 0 Å². The van der Waals surface area contributed by atoms with Gasteiger partial charge in [-0.1, -0.05) is 41.4 Å². The largest absolute Gasteiger partial charge is 0.506 e. The lowest BCUT2D eigenvalue weighted by molar-refractivity contribution is -0.138. The van der Waals surface area contributed by atoms with Gasteiger partial charge in [0.15, 0.2) is 0 Å². The molecule has 0 aromatic heterocycles. The fourth-order valence-corrected chi connectivity index (χ4v) is 3.70. The summed E-state index contributed by atoms with van der Waals surface area (Å²) in [4.78, 5) is 0. The Bertz CT molecular complexity index is 1050. The molecule has 0 heterocycles. The highest BCUT2D eigenvalue weighted by Gasteiger charge is 2.33. The first kappa shape index (κ1) is 21.5. The average molecular weight is 486 g/mol. The lowest BCUT2D eigenvalue weighted by Crippen LogP contribution is -2.07. The van der Waals surface area contributed by atoms with Crippen LogP contribution in [0.2, 0.25) is 5.02 Å². The molecule has 152 valence electrons. The number of ether oxygens (including phenoxy) is 1. The van der Waals surface area contributed by atoms with Crippen molar-refractivity contribution in [1.29, 1.82) is 0 Å². The minimum absolute atomic E-state index is 0.0891. The molecule has 0 saturated carbocycles. The van der Waals surface area contributed by atoms with Crippen LogP contribution in [0, 0.1) is 13.8 Å². The highest BCUT2D eigenvalue weighted by atomic mass is 79.9. The van der Waals surface area contributed by atoms with Gasteiger partial charge < -0.3 is 9.84 Å². The number of aromatic hydroxyl groups is 1. The second kappa shape index (κ2) is 8.28. The van der Waals surface area contributed by atoms with Crippen LogP contribution in [-0.4, -0.2) is 5.11 Å². The quantitative estimate of drug-likeness (QED) is 0.410. The van der Waals surface area contributed by atoms with Crippen LogP contribution in [0.5, 0.6) is 11.5 Å². The van der Waals surface area contributed by atoms with Crippen LogP contribution >= 0.6 is 27.5 Å². The number of alkyl halides is 3. The van der Waals surface area contributed by atoms with E-state index in [-0.39, 0.29) is 34.1 Å². The Hall–Kier alpha value is -2.18. The SMILES string of the molecule is Cc1ccc(OCc2cc(Br)c(O)c(-c3ccc(C)c(C(F)(F)F)c3)c2Cl)cc1. The maximum absolute atomic E-state index is 13.3. The zero-order valence-corrected chi connectivity index (χ0v) is 17.9. The number of aryl methyl sites for hydroxylation is 2. The van der Waals surface area contributed by atoms with Gasteiger partial charge in [-0.05, 0) is 65.2 Å². The Morgan fingerprint density at radius 2 is 1.69 bits per heavy atom. The Morgan fingerprint density at radius 3 is 2.31 bits per heavy atom. The van der Waals surface area contributed by atoms with Crippen LogP contribution in [0.4, 0.5) is 13.2 Å². The maximum atomic E-state index is 13.3. The van der Waals surface area contributed by atoms with Gasteiger partial charge in [-0.2, -0.15) is 13.2 Å². The van der Waals surface area contributed by atoms with E-state index in [1.807, 2.05) is 31.2 Å². The van der Waals surface area contributed by atoms with Gasteiger partial charge in [0.05, 0.1) is 15.1 Å². The van der Waals surface area contributed by atoms with E-state index >= 15 is 0 Å². The first-order chi connectivity index (χ1) is 13.6. The van der Waals surface area contributed by atoms with Crippen LogP contribution in [0.3, 0.4) is 0 Å². The molecule has 0 aliphatic heterocycles. The van der Waals surface area contributed by atoms with Gasteiger partial charge in [0.2, 0.25) is 0 Å². The van der Waals surface area contributed by atoms with Crippen molar-refractivity contribution in [3.8, 4) is 22.6 Å². The number of hydrogen-bond acceptors (Lipinski definition) is 2. The van der Waals surface area contributed by atoms with E-state index in [0.717, 1.165) is 11.6 Å². The monoisotopic (exact) mass is 484 g/mol. The van der Waals surface area contributed by atoms with Crippen LogP contribution in [0.25, 0.3) is 11.1 Å². The van der Waals surface area contributed by atoms with Crippen LogP contribution in [0.1, 0.15) is 22.3 Å². The minimum atomic E-state index is -4.51. The topological polar surface area (TPSA) is 29.5 Å². The van der Waals surface area contributed by atoms with Crippen molar-refractivity contribution in [2.45, 2.75) is 26.6 Å². The van der Waals surface area contributed by atoms with E-state index in [9.17, 15) is 18.3 Å². The standard InChI is InChI=1S/C22H17BrClF3O2/c1-12-3-7-16(8-4-12)29-11-15-10-18(23)21(28)19(20(15)24)14-6-5-13(2)17(9-14)22(25,26)27/h3-10,28H,11H2,1-2H3. The summed E-state index contributed by atoms with van der Waals surface area (Å²) in [6, 6.07) is 12.9. The lowest BCUT2D eigenvalue weighted by Gasteiger charge is -2.17. The van der Waals surface area contributed by atoms with Crippen molar-refractivity contribution >= 4 is 27.5 Å². The average Bonchev–Trinajstić information content (AvgIpc) is 2.65. The molecule has 0 unspecified atom stereocenters. The van der Waals surface area contributed by atoms with E-state index in [2.05, 4.69) is 15.9 Å². The fraction of sp³-hybridized carbons (Fsp3) is 0.182. The molecule has 0 amide bonds. The number of benzene rings is 3. The molecular formula is C22H17BrClF3O2. The summed E-state index contributed by atoms with van der Waals surface area (Å²) in [5, 5.41) is 10.6. The Morgan fingerprint density at radius 1 is 1.03 bits per heavy atom. The number of halogens is 5. The maximum Gasteiger partial charge on any atom is 0.416 e. The van der Waals surface area contributed by atoms with E-state index in [1.54, 1.807) is 6.07 Å². The van der Waals surface area contributed by atoms with Gasteiger partial charge in [-0.3, -0.25) is 0 Å². The molecule has 7 heteroatoms. The second-order valence-electron chi connectivity index (χ2n) is 6.68. The summed E-state index contributed by atoms with van der Waals surface area (Å²) in [6.45, 7) is 3.43. The van der Waals surface area contributed by atoms with E-state index in [4.69, 9.17) is 16.3 Å². The first-order valence-electron chi connectivity index (χ1n) is 8.65. The van der Waals surface area contributed by atoms with Gasteiger partial charge in [0.1, 0.15) is 18.1 Å². The first-order valence-corrected chi connectivity index (χ1v) is 9.82. The third-order valence-corrected chi connectivity index (χ3v) is 5.55. The summed E-state index contributed by atoms with van der Waals surface area (Å²) in [5.74, 6) is 0.401. The third-order valence-electron chi connectivity index (χ3n) is 4.51. The zero-order chi connectivity index (χ0) is 21.3. The molecule has 29 heavy (non-hydrogen) atoms. The van der Waals surface area contributed by atoms with Crippen LogP contribution in [0.15, 0.2) is 53.0 Å². The highest BCUT2D eigenvalue weighted by Crippen LogP contribution is 2.45. The summed E-state index contributed by atoms with van der Waals surface area (Å²) in [5.41, 5.74) is 1.22. The minimum Gasteiger partial charge on any atom is -0.506 e. The van der Waals surface area contributed by atoms with Crippen molar-refractivity contribution in [2.75, 3.05) is 0 Å². The van der Waals surface area contributed by atoms with Crippen molar-refractivity contribution < 1.29 is 23.0 Å². The number of phenolic OH excluding ortho intramolecular Hbond substituents is 1. The van der Waals surface area contributed by atoms with Crippen molar-refractivity contribution in [3.63, 3.8) is 0 Å². The van der Waals surface area contributed by atoms with E-state index in [0.29, 0.717) is 15.8 Å². The molecule has 0 fully saturated rings. The summed E-state index contributed by atoms with van der Waals surface area (Å²) in [7, 11) is 0. The normalized spacial score (nSPS) is 11.6. The molecule has 0 bridgehead atoms. The van der Waals surface area contributed by atoms with Gasteiger partial charge in [-0.25, -0.2) is 0 Å². The molecule has 1 N–H and O–H groups in total. The molecular weight excluding hydrogens is 469 g/mol. The number of phenols is 1. The molecule has 0 saturated heterocycles. The number of rotatable bonds is 4. The van der Waals surface area contributed by atoms with Crippen molar-refractivity contribution in [2.24, 2.45) is 0 Å². The predicted octanol–water partition coefficient (Wildman–Crippen LogP) is 7.69. The molecule has 3 aromatic carbocycles. The van der Waals surface area contributed by atoms with Gasteiger partial charge >= 0.3 is 6.18 Å². The summed E-state index contributed by atoms with van der Waals surface area (Å²) < 4.78 is 46.0. The van der Waals surface area contributed by atoms with E-state index < -0.39 is 11.7 Å². The predicted molar refractivity (Wildman–Crippen MR) is 112 cm³/mol. The molecule has 0 spiro atoms. The molecule has 3 aromatic rings. The fourth-order valence-electron chi connectivity index (χ4n) is 2.92. The summed E-state index contributed by atoms with van der Waals surface area (Å²) in [6.07, 6.45) is -4.51. The van der Waals surface area contributed by atoms with Crippen molar-refractivity contribution in [3.05, 3.63) is 80.3 Å². The molecule has 0 aliphatic carbocycles. The number of hydrogen-bond donors (Lipinski definition) is 1. The van der Waals surface area contributed by atoms with Crippen molar-refractivity contribution in [1.82, 2.24) is 0 Å². The Labute approximate surface area is 180 Å². The Kier molecular flexibility index (Phi) is 6.15. The van der Waals surface area contributed by atoms with Gasteiger partial charge in [0.25, 0.3) is 0 Å². The molecule has 3 rings (SSSR count). The molecule has 0 atom stereocenters. The molecule has 0 aliphatic rings.